The molecular formula is C10H11F4NO3S. The maximum Gasteiger partial charge on any atom is 0.252 e. The Balaban J connectivity index is 3.30. The lowest BCUT2D eigenvalue weighted by atomic mass is 10.2. The third-order valence-corrected chi connectivity index (χ3v) is 4.23. The molecule has 0 atom stereocenters. The number of aliphatic hydroxyl groups is 1. The molecule has 0 unspecified atom stereocenters. The third-order valence-electron chi connectivity index (χ3n) is 2.39. The van der Waals surface area contributed by atoms with Gasteiger partial charge in [0.15, 0.2) is 5.82 Å². The number of sulfonamides is 1. The third kappa shape index (κ3) is 3.23. The van der Waals surface area contributed by atoms with Crippen LogP contribution in [0.4, 0.5) is 17.6 Å². The Labute approximate surface area is 107 Å². The summed E-state index contributed by atoms with van der Waals surface area (Å²) >= 11 is 0. The summed E-state index contributed by atoms with van der Waals surface area (Å²) in [7, 11) is -3.66. The molecule has 0 heterocycles. The van der Waals surface area contributed by atoms with Crippen LogP contribution in [0.3, 0.4) is 0 Å². The van der Waals surface area contributed by atoms with E-state index in [-0.39, 0.29) is 4.31 Å². The molecule has 0 aliphatic rings. The summed E-state index contributed by atoms with van der Waals surface area (Å²) in [5, 5.41) is 8.77. The van der Waals surface area contributed by atoms with E-state index in [4.69, 9.17) is 5.11 Å². The van der Waals surface area contributed by atoms with Gasteiger partial charge in [-0.05, 0) is 12.1 Å². The Bertz CT molecular complexity index is 562. The molecule has 0 saturated carbocycles. The van der Waals surface area contributed by atoms with E-state index >= 15 is 0 Å². The van der Waals surface area contributed by atoms with E-state index in [0.717, 1.165) is 7.05 Å². The number of rotatable bonds is 5. The Hall–Kier alpha value is -1.19. The van der Waals surface area contributed by atoms with Gasteiger partial charge in [-0.15, -0.1) is 0 Å². The van der Waals surface area contributed by atoms with Gasteiger partial charge in [0.1, 0.15) is 10.7 Å². The van der Waals surface area contributed by atoms with Crippen molar-refractivity contribution in [2.75, 3.05) is 13.6 Å². The molecule has 0 spiro atoms. The van der Waals surface area contributed by atoms with Crippen molar-refractivity contribution < 1.29 is 31.1 Å². The van der Waals surface area contributed by atoms with Gasteiger partial charge in [0.05, 0.1) is 18.7 Å². The first kappa shape index (κ1) is 15.9. The first-order valence-corrected chi connectivity index (χ1v) is 6.48. The molecule has 1 aromatic rings. The Kier molecular flexibility index (Phi) is 4.88. The Morgan fingerprint density at radius 1 is 1.32 bits per heavy atom. The Morgan fingerprint density at radius 2 is 1.89 bits per heavy atom. The summed E-state index contributed by atoms with van der Waals surface area (Å²) in [5.74, 6) is -2.60. The van der Waals surface area contributed by atoms with Gasteiger partial charge in [-0.1, -0.05) is 0 Å². The monoisotopic (exact) mass is 301 g/mol. The highest BCUT2D eigenvalue weighted by Gasteiger charge is 2.28. The van der Waals surface area contributed by atoms with Gasteiger partial charge in [-0.25, -0.2) is 26.0 Å². The fourth-order valence-corrected chi connectivity index (χ4v) is 2.62. The normalized spacial score (nSPS) is 12.4. The highest BCUT2D eigenvalue weighted by molar-refractivity contribution is 7.89. The van der Waals surface area contributed by atoms with E-state index in [1.165, 1.54) is 0 Å². The minimum absolute atomic E-state index is 0.259. The summed E-state index contributed by atoms with van der Waals surface area (Å²) in [6.07, 6.45) is -2.93. The van der Waals surface area contributed by atoms with Gasteiger partial charge >= 0.3 is 0 Å². The lowest BCUT2D eigenvalue weighted by Gasteiger charge is -2.17. The predicted octanol–water partition coefficient (Wildman–Crippen LogP) is 1.34. The quantitative estimate of drug-likeness (QED) is 0.835. The molecule has 9 heteroatoms. The van der Waals surface area contributed by atoms with E-state index in [9.17, 15) is 26.0 Å². The van der Waals surface area contributed by atoms with Gasteiger partial charge in [0.2, 0.25) is 10.0 Å². The molecule has 0 amide bonds. The fraction of sp³-hybridized carbons (Fsp3) is 0.400. The molecule has 0 fully saturated rings. The van der Waals surface area contributed by atoms with Crippen LogP contribution >= 0.6 is 0 Å². The number of aliphatic hydroxyl groups excluding tert-OH is 1. The molecule has 4 nitrogen and oxygen atoms in total. The SMILES string of the molecule is CN(CC(F)F)S(=O)(=O)c1ccc(F)c(CO)c1F. The van der Waals surface area contributed by atoms with Crippen LogP contribution in [0.5, 0.6) is 0 Å². The predicted molar refractivity (Wildman–Crippen MR) is 58.1 cm³/mol. The van der Waals surface area contributed by atoms with E-state index in [1.807, 2.05) is 0 Å². The largest absolute Gasteiger partial charge is 0.391 e. The number of hydrogen-bond donors (Lipinski definition) is 1. The van der Waals surface area contributed by atoms with Crippen molar-refractivity contribution in [2.24, 2.45) is 0 Å². The summed E-state index contributed by atoms with van der Waals surface area (Å²) in [6, 6.07) is 1.28. The van der Waals surface area contributed by atoms with Crippen molar-refractivity contribution in [3.63, 3.8) is 0 Å². The molecule has 0 bridgehead atoms. The van der Waals surface area contributed by atoms with E-state index < -0.39 is 51.7 Å². The van der Waals surface area contributed by atoms with Crippen LogP contribution in [0.25, 0.3) is 0 Å². The van der Waals surface area contributed by atoms with Crippen molar-refractivity contribution in [3.05, 3.63) is 29.3 Å². The molecule has 0 saturated heterocycles. The van der Waals surface area contributed by atoms with Crippen LogP contribution in [-0.2, 0) is 16.6 Å². The zero-order valence-electron chi connectivity index (χ0n) is 9.78. The van der Waals surface area contributed by atoms with Gasteiger partial charge < -0.3 is 5.11 Å². The van der Waals surface area contributed by atoms with E-state index in [0.29, 0.717) is 12.1 Å². The first-order chi connectivity index (χ1) is 8.71. The zero-order chi connectivity index (χ0) is 14.8. The van der Waals surface area contributed by atoms with Crippen molar-refractivity contribution >= 4 is 10.0 Å². The zero-order valence-corrected chi connectivity index (χ0v) is 10.6. The minimum atomic E-state index is -4.51. The number of hydrogen-bond acceptors (Lipinski definition) is 3. The van der Waals surface area contributed by atoms with Crippen LogP contribution in [0.15, 0.2) is 17.0 Å². The van der Waals surface area contributed by atoms with Crippen LogP contribution in [0.2, 0.25) is 0 Å². The number of benzene rings is 1. The minimum Gasteiger partial charge on any atom is -0.391 e. The molecule has 1 N–H and O–H groups in total. The lowest BCUT2D eigenvalue weighted by molar-refractivity contribution is 0.126. The van der Waals surface area contributed by atoms with Gasteiger partial charge in [-0.2, -0.15) is 4.31 Å². The van der Waals surface area contributed by atoms with Gasteiger partial charge in [-0.3, -0.25) is 0 Å². The van der Waals surface area contributed by atoms with Crippen LogP contribution in [-0.4, -0.2) is 37.8 Å². The topological polar surface area (TPSA) is 57.6 Å². The number of alkyl halides is 2. The first-order valence-electron chi connectivity index (χ1n) is 5.04. The molecule has 0 radical (unpaired) electrons. The second kappa shape index (κ2) is 5.85. The summed E-state index contributed by atoms with van der Waals surface area (Å²) in [6.45, 7) is -2.16. The van der Waals surface area contributed by atoms with Gasteiger partial charge in [0.25, 0.3) is 6.43 Å². The summed E-state index contributed by atoms with van der Waals surface area (Å²) in [4.78, 5) is -0.957. The highest BCUT2D eigenvalue weighted by atomic mass is 32.2. The average Bonchev–Trinajstić information content (AvgIpc) is 2.28. The molecule has 19 heavy (non-hydrogen) atoms. The lowest BCUT2D eigenvalue weighted by Crippen LogP contribution is -2.32. The molecular weight excluding hydrogens is 290 g/mol. The van der Waals surface area contributed by atoms with E-state index in [1.54, 1.807) is 0 Å². The fourth-order valence-electron chi connectivity index (χ4n) is 1.38. The number of halogens is 4. The average molecular weight is 301 g/mol. The standard InChI is InChI=1S/C10H11F4NO3S/c1-15(4-9(12)13)19(17,18)8-3-2-7(11)6(5-16)10(8)14/h2-3,9,16H,4-5H2,1H3. The molecule has 1 aromatic carbocycles. The van der Waals surface area contributed by atoms with Crippen molar-refractivity contribution in [1.82, 2.24) is 4.31 Å². The molecule has 0 aromatic heterocycles. The van der Waals surface area contributed by atoms with E-state index in [2.05, 4.69) is 0 Å². The van der Waals surface area contributed by atoms with Crippen molar-refractivity contribution in [1.29, 1.82) is 0 Å². The van der Waals surface area contributed by atoms with Crippen LogP contribution < -0.4 is 0 Å². The Morgan fingerprint density at radius 3 is 2.37 bits per heavy atom. The molecule has 0 aliphatic carbocycles. The van der Waals surface area contributed by atoms with Gasteiger partial charge in [0, 0.05) is 7.05 Å². The second-order valence-corrected chi connectivity index (χ2v) is 5.69. The second-order valence-electron chi connectivity index (χ2n) is 3.67. The van der Waals surface area contributed by atoms with Crippen LogP contribution in [0.1, 0.15) is 5.56 Å². The molecule has 108 valence electrons. The number of nitrogens with zero attached hydrogens (tertiary/aromatic N) is 1. The highest BCUT2D eigenvalue weighted by Crippen LogP contribution is 2.23. The summed E-state index contributed by atoms with van der Waals surface area (Å²) < 4.78 is 75.0. The maximum atomic E-state index is 13.7. The molecule has 0 aliphatic heterocycles. The summed E-state index contributed by atoms with van der Waals surface area (Å²) in [5.41, 5.74) is -0.827. The maximum absolute atomic E-state index is 13.7. The van der Waals surface area contributed by atoms with Crippen molar-refractivity contribution in [3.8, 4) is 0 Å². The van der Waals surface area contributed by atoms with Crippen molar-refractivity contribution in [2.45, 2.75) is 17.9 Å². The smallest absolute Gasteiger partial charge is 0.252 e. The molecule has 1 rings (SSSR count). The van der Waals surface area contributed by atoms with Crippen LogP contribution in [0, 0.1) is 11.6 Å².